The molecule has 0 aliphatic heterocycles. The van der Waals surface area contributed by atoms with E-state index in [4.69, 9.17) is 4.74 Å². The third-order valence-corrected chi connectivity index (χ3v) is 6.03. The summed E-state index contributed by atoms with van der Waals surface area (Å²) < 4.78 is 5.39. The third kappa shape index (κ3) is 7.99. The normalized spacial score (nSPS) is 11.5. The lowest BCUT2D eigenvalue weighted by molar-refractivity contribution is -0.140. The molecule has 0 unspecified atom stereocenters. The molecule has 1 N–H and O–H groups in total. The second kappa shape index (κ2) is 13.3. The zero-order valence-electron chi connectivity index (χ0n) is 21.0. The van der Waals surface area contributed by atoms with Crippen LogP contribution in [0, 0.1) is 6.92 Å². The summed E-state index contributed by atoms with van der Waals surface area (Å²) in [4.78, 5) is 28.9. The van der Waals surface area contributed by atoms with E-state index in [1.54, 1.807) is 12.0 Å². The van der Waals surface area contributed by atoms with Gasteiger partial charge in [0.25, 0.3) is 0 Å². The van der Waals surface area contributed by atoms with Gasteiger partial charge in [0, 0.05) is 19.5 Å². The molecule has 0 bridgehead atoms. The minimum absolute atomic E-state index is 0.0787. The number of ether oxygens (including phenoxy) is 1. The summed E-state index contributed by atoms with van der Waals surface area (Å²) in [5.74, 6) is 0.522. The number of rotatable bonds is 12. The van der Waals surface area contributed by atoms with Gasteiger partial charge in [-0.15, -0.1) is 0 Å². The number of hydrogen-bond donors (Lipinski definition) is 1. The number of hydrogen-bond acceptors (Lipinski definition) is 3. The summed E-state index contributed by atoms with van der Waals surface area (Å²) in [6, 6.07) is 24.9. The average Bonchev–Trinajstić information content (AvgIpc) is 2.87. The number of methoxy groups -OCH3 is 1. The van der Waals surface area contributed by atoms with Gasteiger partial charge in [-0.3, -0.25) is 9.59 Å². The molecule has 1 atom stereocenters. The molecule has 0 saturated heterocycles. The van der Waals surface area contributed by atoms with Crippen LogP contribution in [0.4, 0.5) is 0 Å². The Morgan fingerprint density at radius 2 is 1.63 bits per heavy atom. The number of carbonyl (C=O) groups excluding carboxylic acids is 2. The lowest BCUT2D eigenvalue weighted by Crippen LogP contribution is -2.51. The largest absolute Gasteiger partial charge is 0.497 e. The van der Waals surface area contributed by atoms with Crippen molar-refractivity contribution in [3.8, 4) is 5.75 Å². The molecular weight excluding hydrogens is 436 g/mol. The Bertz CT molecular complexity index is 1100. The molecule has 0 fully saturated rings. The van der Waals surface area contributed by atoms with E-state index < -0.39 is 6.04 Å². The summed E-state index contributed by atoms with van der Waals surface area (Å²) in [6.45, 7) is 5.02. The van der Waals surface area contributed by atoms with Gasteiger partial charge < -0.3 is 15.0 Å². The van der Waals surface area contributed by atoms with E-state index in [0.717, 1.165) is 40.8 Å². The molecule has 0 aromatic heterocycles. The van der Waals surface area contributed by atoms with E-state index in [2.05, 4.69) is 12.2 Å². The summed E-state index contributed by atoms with van der Waals surface area (Å²) >= 11 is 0. The fourth-order valence-electron chi connectivity index (χ4n) is 4.13. The zero-order chi connectivity index (χ0) is 25.0. The molecule has 0 spiro atoms. The number of aryl methyl sites for hydroxylation is 1. The van der Waals surface area contributed by atoms with Crippen molar-refractivity contribution in [2.45, 2.75) is 52.1 Å². The highest BCUT2D eigenvalue weighted by atomic mass is 16.5. The fraction of sp³-hybridized carbons (Fsp3) is 0.333. The Hall–Kier alpha value is -3.60. The maximum Gasteiger partial charge on any atom is 0.243 e. The highest BCUT2D eigenvalue weighted by Gasteiger charge is 2.30. The second-order valence-electron chi connectivity index (χ2n) is 8.89. The first-order valence-corrected chi connectivity index (χ1v) is 12.3. The minimum atomic E-state index is -0.627. The fourth-order valence-corrected chi connectivity index (χ4v) is 4.13. The monoisotopic (exact) mass is 472 g/mol. The molecule has 0 radical (unpaired) electrons. The Kier molecular flexibility index (Phi) is 9.91. The molecule has 0 aliphatic carbocycles. The van der Waals surface area contributed by atoms with Crippen molar-refractivity contribution in [2.24, 2.45) is 0 Å². The Morgan fingerprint density at radius 1 is 0.914 bits per heavy atom. The van der Waals surface area contributed by atoms with Crippen LogP contribution in [0.15, 0.2) is 78.9 Å². The van der Waals surface area contributed by atoms with Crippen molar-refractivity contribution < 1.29 is 14.3 Å². The van der Waals surface area contributed by atoms with Gasteiger partial charge in [-0.05, 0) is 42.2 Å². The van der Waals surface area contributed by atoms with Crippen molar-refractivity contribution in [3.05, 3.63) is 101 Å². The van der Waals surface area contributed by atoms with Gasteiger partial charge in [-0.25, -0.2) is 0 Å². The van der Waals surface area contributed by atoms with Gasteiger partial charge in [0.2, 0.25) is 11.8 Å². The first-order chi connectivity index (χ1) is 17.0. The number of unbranched alkanes of at least 4 members (excludes halogenated alkanes) is 1. The standard InChI is InChI=1S/C30H36N2O3/c1-4-5-17-31-30(34)28(20-24-12-7-6-8-13-24)32(22-26-15-10-16-27(19-26)35-3)29(33)21-25-14-9-11-23(2)18-25/h6-16,18-19,28H,4-5,17,20-22H2,1-3H3,(H,31,34)/t28-/m0/s1. The van der Waals surface area contributed by atoms with E-state index in [-0.39, 0.29) is 18.2 Å². The van der Waals surface area contributed by atoms with E-state index >= 15 is 0 Å². The molecular formula is C30H36N2O3. The summed E-state index contributed by atoms with van der Waals surface area (Å²) in [7, 11) is 1.62. The second-order valence-corrected chi connectivity index (χ2v) is 8.89. The van der Waals surface area contributed by atoms with Crippen LogP contribution in [-0.2, 0) is 29.0 Å². The first kappa shape index (κ1) is 26.0. The van der Waals surface area contributed by atoms with Crippen LogP contribution in [0.5, 0.6) is 5.75 Å². The number of carbonyl (C=O) groups is 2. The first-order valence-electron chi connectivity index (χ1n) is 12.3. The zero-order valence-corrected chi connectivity index (χ0v) is 21.0. The van der Waals surface area contributed by atoms with E-state index in [0.29, 0.717) is 19.5 Å². The number of nitrogens with one attached hydrogen (secondary N) is 1. The van der Waals surface area contributed by atoms with Gasteiger partial charge in [0.15, 0.2) is 0 Å². The van der Waals surface area contributed by atoms with Gasteiger partial charge in [-0.1, -0.05) is 85.6 Å². The predicted octanol–water partition coefficient (Wildman–Crippen LogP) is 5.10. The van der Waals surface area contributed by atoms with Crippen molar-refractivity contribution in [1.82, 2.24) is 10.2 Å². The molecule has 5 nitrogen and oxygen atoms in total. The van der Waals surface area contributed by atoms with Crippen molar-refractivity contribution in [1.29, 1.82) is 0 Å². The Balaban J connectivity index is 1.95. The van der Waals surface area contributed by atoms with Gasteiger partial charge in [0.1, 0.15) is 11.8 Å². The summed E-state index contributed by atoms with van der Waals surface area (Å²) in [5.41, 5.74) is 3.98. The SMILES string of the molecule is CCCCNC(=O)[C@H](Cc1ccccc1)N(Cc1cccc(OC)c1)C(=O)Cc1cccc(C)c1. The molecule has 35 heavy (non-hydrogen) atoms. The van der Waals surface area contributed by atoms with Crippen molar-refractivity contribution in [3.63, 3.8) is 0 Å². The number of benzene rings is 3. The smallest absolute Gasteiger partial charge is 0.243 e. The molecule has 0 heterocycles. The van der Waals surface area contributed by atoms with E-state index in [1.165, 1.54) is 0 Å². The van der Waals surface area contributed by atoms with Crippen LogP contribution in [0.2, 0.25) is 0 Å². The number of amides is 2. The average molecular weight is 473 g/mol. The summed E-state index contributed by atoms with van der Waals surface area (Å²) in [6.07, 6.45) is 2.57. The molecule has 184 valence electrons. The molecule has 0 saturated carbocycles. The molecule has 0 aliphatic rings. The van der Waals surface area contributed by atoms with Crippen molar-refractivity contribution >= 4 is 11.8 Å². The van der Waals surface area contributed by atoms with Gasteiger partial charge >= 0.3 is 0 Å². The maximum atomic E-state index is 13.8. The quantitative estimate of drug-likeness (QED) is 0.373. The predicted molar refractivity (Wildman–Crippen MR) is 140 cm³/mol. The lowest BCUT2D eigenvalue weighted by Gasteiger charge is -2.32. The van der Waals surface area contributed by atoms with Crippen LogP contribution in [-0.4, -0.2) is 36.4 Å². The van der Waals surface area contributed by atoms with E-state index in [9.17, 15) is 9.59 Å². The van der Waals surface area contributed by atoms with Crippen LogP contribution >= 0.6 is 0 Å². The Labute approximate surface area is 209 Å². The third-order valence-electron chi connectivity index (χ3n) is 6.03. The topological polar surface area (TPSA) is 58.6 Å². The molecule has 3 rings (SSSR count). The van der Waals surface area contributed by atoms with Crippen molar-refractivity contribution in [2.75, 3.05) is 13.7 Å². The van der Waals surface area contributed by atoms with Crippen LogP contribution in [0.3, 0.4) is 0 Å². The lowest BCUT2D eigenvalue weighted by atomic mass is 10.0. The molecule has 2 amide bonds. The van der Waals surface area contributed by atoms with Crippen LogP contribution in [0.1, 0.15) is 42.0 Å². The molecule has 5 heteroatoms. The van der Waals surface area contributed by atoms with Crippen LogP contribution < -0.4 is 10.1 Å². The highest BCUT2D eigenvalue weighted by molar-refractivity contribution is 5.88. The summed E-state index contributed by atoms with van der Waals surface area (Å²) in [5, 5.41) is 3.06. The molecule has 3 aromatic rings. The molecule has 3 aromatic carbocycles. The highest BCUT2D eigenvalue weighted by Crippen LogP contribution is 2.19. The van der Waals surface area contributed by atoms with E-state index in [1.807, 2.05) is 85.8 Å². The van der Waals surface area contributed by atoms with Gasteiger partial charge in [0.05, 0.1) is 13.5 Å². The Morgan fingerprint density at radius 3 is 2.34 bits per heavy atom. The maximum absolute atomic E-state index is 13.8. The minimum Gasteiger partial charge on any atom is -0.497 e. The number of nitrogens with zero attached hydrogens (tertiary/aromatic N) is 1. The van der Waals surface area contributed by atoms with Gasteiger partial charge in [-0.2, -0.15) is 0 Å². The van der Waals surface area contributed by atoms with Crippen LogP contribution in [0.25, 0.3) is 0 Å².